The van der Waals surface area contributed by atoms with Crippen molar-refractivity contribution >= 4 is 5.78 Å². The fraction of sp³-hybridized carbons (Fsp3) is 0.462. The smallest absolute Gasteiger partial charge is 0.165 e. The van der Waals surface area contributed by atoms with Crippen molar-refractivity contribution in [2.75, 3.05) is 7.11 Å². The van der Waals surface area contributed by atoms with E-state index < -0.39 is 11.4 Å². The van der Waals surface area contributed by atoms with Crippen LogP contribution in [0.4, 0.5) is 4.39 Å². The van der Waals surface area contributed by atoms with E-state index in [1.54, 1.807) is 19.9 Å². The van der Waals surface area contributed by atoms with E-state index >= 15 is 0 Å². The van der Waals surface area contributed by atoms with Gasteiger partial charge < -0.3 is 10.5 Å². The molecule has 4 heteroatoms. The van der Waals surface area contributed by atoms with Crippen LogP contribution in [-0.2, 0) is 11.2 Å². The Morgan fingerprint density at radius 2 is 2.12 bits per heavy atom. The second-order valence-electron chi connectivity index (χ2n) is 4.85. The fourth-order valence-corrected chi connectivity index (χ4v) is 1.62. The van der Waals surface area contributed by atoms with Gasteiger partial charge in [-0.05, 0) is 31.5 Å². The predicted molar refractivity (Wildman–Crippen MR) is 64.5 cm³/mol. The van der Waals surface area contributed by atoms with Crippen LogP contribution in [0.1, 0.15) is 25.8 Å². The second-order valence-corrected chi connectivity index (χ2v) is 4.85. The largest absolute Gasteiger partial charge is 0.494 e. The van der Waals surface area contributed by atoms with Gasteiger partial charge in [0, 0.05) is 18.4 Å². The SMILES string of the molecule is COc1ccc(CC(=O)CC(C)(C)N)cc1F. The summed E-state index contributed by atoms with van der Waals surface area (Å²) in [5.41, 5.74) is 5.86. The number of rotatable bonds is 5. The Hall–Kier alpha value is -1.42. The molecule has 0 aliphatic rings. The number of Topliss-reactive ketones (excluding diaryl/α,β-unsaturated/α-hetero) is 1. The average Bonchev–Trinajstić information content (AvgIpc) is 2.14. The minimum atomic E-state index is -0.526. The van der Waals surface area contributed by atoms with Crippen LogP contribution in [0.5, 0.6) is 5.75 Å². The third-order valence-electron chi connectivity index (χ3n) is 2.27. The Morgan fingerprint density at radius 3 is 2.59 bits per heavy atom. The maximum absolute atomic E-state index is 13.4. The number of benzene rings is 1. The molecule has 1 aromatic rings. The Kier molecular flexibility index (Phi) is 4.23. The number of carbonyl (C=O) groups excluding carboxylic acids is 1. The van der Waals surface area contributed by atoms with Crippen LogP contribution >= 0.6 is 0 Å². The normalized spacial score (nSPS) is 11.4. The number of nitrogens with two attached hydrogens (primary N) is 1. The number of hydrogen-bond donors (Lipinski definition) is 1. The van der Waals surface area contributed by atoms with Crippen molar-refractivity contribution in [3.05, 3.63) is 29.6 Å². The van der Waals surface area contributed by atoms with Gasteiger partial charge in [-0.15, -0.1) is 0 Å². The number of ketones is 1. The summed E-state index contributed by atoms with van der Waals surface area (Å²) in [4.78, 5) is 11.7. The van der Waals surface area contributed by atoms with E-state index in [4.69, 9.17) is 10.5 Å². The van der Waals surface area contributed by atoms with Crippen LogP contribution in [0.25, 0.3) is 0 Å². The molecule has 0 fully saturated rings. The third kappa shape index (κ3) is 4.53. The lowest BCUT2D eigenvalue weighted by atomic mass is 9.95. The van der Waals surface area contributed by atoms with E-state index in [1.807, 2.05) is 0 Å². The van der Waals surface area contributed by atoms with Crippen LogP contribution in [-0.4, -0.2) is 18.4 Å². The highest BCUT2D eigenvalue weighted by Crippen LogP contribution is 2.18. The van der Waals surface area contributed by atoms with Crippen LogP contribution in [0, 0.1) is 5.82 Å². The van der Waals surface area contributed by atoms with Gasteiger partial charge in [-0.1, -0.05) is 6.07 Å². The van der Waals surface area contributed by atoms with Crippen LogP contribution < -0.4 is 10.5 Å². The van der Waals surface area contributed by atoms with Gasteiger partial charge >= 0.3 is 0 Å². The lowest BCUT2D eigenvalue weighted by Gasteiger charge is -2.17. The molecule has 0 saturated carbocycles. The van der Waals surface area contributed by atoms with E-state index in [2.05, 4.69) is 0 Å². The van der Waals surface area contributed by atoms with Crippen molar-refractivity contribution in [1.82, 2.24) is 0 Å². The second kappa shape index (κ2) is 5.27. The molecule has 0 aliphatic heterocycles. The van der Waals surface area contributed by atoms with Gasteiger partial charge in [-0.2, -0.15) is 0 Å². The predicted octanol–water partition coefficient (Wildman–Crippen LogP) is 2.07. The molecular weight excluding hydrogens is 221 g/mol. The van der Waals surface area contributed by atoms with E-state index in [-0.39, 0.29) is 24.4 Å². The van der Waals surface area contributed by atoms with Gasteiger partial charge in [-0.3, -0.25) is 4.79 Å². The highest BCUT2D eigenvalue weighted by atomic mass is 19.1. The first-order valence-corrected chi connectivity index (χ1v) is 5.45. The Bertz CT molecular complexity index is 410. The molecule has 1 aromatic carbocycles. The zero-order chi connectivity index (χ0) is 13.1. The van der Waals surface area contributed by atoms with Crippen LogP contribution in [0.3, 0.4) is 0 Å². The minimum Gasteiger partial charge on any atom is -0.494 e. The summed E-state index contributed by atoms with van der Waals surface area (Å²) < 4.78 is 18.2. The van der Waals surface area contributed by atoms with Crippen molar-refractivity contribution in [2.45, 2.75) is 32.2 Å². The molecule has 1 rings (SSSR count). The Balaban J connectivity index is 2.69. The summed E-state index contributed by atoms with van der Waals surface area (Å²) in [7, 11) is 1.40. The monoisotopic (exact) mass is 239 g/mol. The average molecular weight is 239 g/mol. The van der Waals surface area contributed by atoms with Crippen molar-refractivity contribution in [3.63, 3.8) is 0 Å². The van der Waals surface area contributed by atoms with Crippen LogP contribution in [0.15, 0.2) is 18.2 Å². The van der Waals surface area contributed by atoms with Crippen molar-refractivity contribution < 1.29 is 13.9 Å². The number of ether oxygens (including phenoxy) is 1. The number of halogens is 1. The van der Waals surface area contributed by atoms with E-state index in [0.29, 0.717) is 5.56 Å². The third-order valence-corrected chi connectivity index (χ3v) is 2.27. The Morgan fingerprint density at radius 1 is 1.47 bits per heavy atom. The molecule has 2 N–H and O–H groups in total. The summed E-state index contributed by atoms with van der Waals surface area (Å²) in [5.74, 6) is -0.271. The summed E-state index contributed by atoms with van der Waals surface area (Å²) in [5, 5.41) is 0. The zero-order valence-corrected chi connectivity index (χ0v) is 10.4. The van der Waals surface area contributed by atoms with E-state index in [0.717, 1.165) is 0 Å². The highest BCUT2D eigenvalue weighted by Gasteiger charge is 2.17. The molecule has 0 spiro atoms. The van der Waals surface area contributed by atoms with Gasteiger partial charge in [0.05, 0.1) is 7.11 Å². The van der Waals surface area contributed by atoms with Gasteiger partial charge in [0.2, 0.25) is 0 Å². The summed E-state index contributed by atoms with van der Waals surface area (Å²) in [6, 6.07) is 4.52. The molecule has 0 bridgehead atoms. The molecule has 94 valence electrons. The first-order valence-electron chi connectivity index (χ1n) is 5.45. The molecule has 0 aliphatic carbocycles. The van der Waals surface area contributed by atoms with Crippen LogP contribution in [0.2, 0.25) is 0 Å². The molecule has 0 radical (unpaired) electrons. The quantitative estimate of drug-likeness (QED) is 0.855. The lowest BCUT2D eigenvalue weighted by Crippen LogP contribution is -2.35. The lowest BCUT2D eigenvalue weighted by molar-refractivity contribution is -0.119. The first kappa shape index (κ1) is 13.6. The van der Waals surface area contributed by atoms with Crippen molar-refractivity contribution in [2.24, 2.45) is 5.73 Å². The van der Waals surface area contributed by atoms with Gasteiger partial charge in [0.25, 0.3) is 0 Å². The molecular formula is C13H18FNO2. The zero-order valence-electron chi connectivity index (χ0n) is 10.4. The number of hydrogen-bond acceptors (Lipinski definition) is 3. The summed E-state index contributed by atoms with van der Waals surface area (Å²) >= 11 is 0. The van der Waals surface area contributed by atoms with Crippen molar-refractivity contribution in [1.29, 1.82) is 0 Å². The Labute approximate surface area is 101 Å². The molecule has 0 aromatic heterocycles. The fourth-order valence-electron chi connectivity index (χ4n) is 1.62. The standard InChI is InChI=1S/C13H18FNO2/c1-13(2,15)8-10(16)6-9-4-5-12(17-3)11(14)7-9/h4-5,7H,6,8,15H2,1-3H3. The first-order chi connectivity index (χ1) is 7.81. The summed E-state index contributed by atoms with van der Waals surface area (Å²) in [6.45, 7) is 3.58. The molecule has 3 nitrogen and oxygen atoms in total. The topological polar surface area (TPSA) is 52.3 Å². The maximum Gasteiger partial charge on any atom is 0.165 e. The molecule has 0 heterocycles. The van der Waals surface area contributed by atoms with E-state index in [9.17, 15) is 9.18 Å². The molecule has 0 atom stereocenters. The summed E-state index contributed by atoms with van der Waals surface area (Å²) in [6.07, 6.45) is 0.474. The number of methoxy groups -OCH3 is 1. The van der Waals surface area contributed by atoms with Crippen molar-refractivity contribution in [3.8, 4) is 5.75 Å². The molecule has 0 saturated heterocycles. The van der Waals surface area contributed by atoms with Gasteiger partial charge in [0.15, 0.2) is 11.6 Å². The molecule has 0 amide bonds. The van der Waals surface area contributed by atoms with Gasteiger partial charge in [0.1, 0.15) is 5.78 Å². The van der Waals surface area contributed by atoms with E-state index in [1.165, 1.54) is 19.2 Å². The molecule has 0 unspecified atom stereocenters. The maximum atomic E-state index is 13.4. The molecule has 17 heavy (non-hydrogen) atoms. The highest BCUT2D eigenvalue weighted by molar-refractivity contribution is 5.81. The number of carbonyl (C=O) groups is 1. The van der Waals surface area contributed by atoms with Gasteiger partial charge in [-0.25, -0.2) is 4.39 Å². The minimum absolute atomic E-state index is 0.00191.